The van der Waals surface area contributed by atoms with Crippen LogP contribution in [0.25, 0.3) is 0 Å². The second-order valence-corrected chi connectivity index (χ2v) is 4.27. The fourth-order valence-corrected chi connectivity index (χ4v) is 1.93. The van der Waals surface area contributed by atoms with Gasteiger partial charge in [-0.15, -0.1) is 0 Å². The minimum absolute atomic E-state index is 0.0561. The normalized spacial score (nSPS) is 19.7. The Morgan fingerprint density at radius 2 is 2.35 bits per heavy atom. The summed E-state index contributed by atoms with van der Waals surface area (Å²) in [7, 11) is 0. The highest BCUT2D eigenvalue weighted by Crippen LogP contribution is 2.33. The molecule has 7 heteroatoms. The summed E-state index contributed by atoms with van der Waals surface area (Å²) in [5.41, 5.74) is 1.18. The number of hydrogen-bond acceptors (Lipinski definition) is 5. The molecule has 2 rings (SSSR count). The first-order chi connectivity index (χ1) is 7.99. The molecule has 1 heterocycles. The number of β-amino-alcohol motifs (C(OH)–C–C–N with tert-alkyl or cyclic N) is 1. The van der Waals surface area contributed by atoms with Gasteiger partial charge in [0.25, 0.3) is 5.69 Å². The zero-order valence-corrected chi connectivity index (χ0v) is 9.85. The second-order valence-electron chi connectivity index (χ2n) is 3.86. The molecule has 6 nitrogen and oxygen atoms in total. The van der Waals surface area contributed by atoms with Gasteiger partial charge in [-0.05, 0) is 18.6 Å². The Bertz CT molecular complexity index is 466. The van der Waals surface area contributed by atoms with Gasteiger partial charge in [-0.3, -0.25) is 20.0 Å². The van der Waals surface area contributed by atoms with Crippen LogP contribution < -0.4 is 5.06 Å². The third kappa shape index (κ3) is 2.33. The van der Waals surface area contributed by atoms with E-state index >= 15 is 0 Å². The third-order valence-corrected chi connectivity index (χ3v) is 2.83. The number of nitrogens with zero attached hydrogens (tertiary/aromatic N) is 2. The van der Waals surface area contributed by atoms with Gasteiger partial charge in [0, 0.05) is 6.07 Å². The molecule has 1 aromatic rings. The average Bonchev–Trinajstić information content (AvgIpc) is 2.67. The highest BCUT2D eigenvalue weighted by molar-refractivity contribution is 6.33. The lowest BCUT2D eigenvalue weighted by Crippen LogP contribution is -2.20. The van der Waals surface area contributed by atoms with Gasteiger partial charge in [0.1, 0.15) is 11.6 Å². The van der Waals surface area contributed by atoms with Gasteiger partial charge in [0.15, 0.2) is 0 Å². The summed E-state index contributed by atoms with van der Waals surface area (Å²) in [6, 6.07) is 2.87. The standard InChI is InChI=1S/C10H11ClN2O4/c1-6-2-10(13(15)16)8(11)3-9(6)12-4-7(14)5-17-12/h2-3,7,14H,4-5H2,1H3. The summed E-state index contributed by atoms with van der Waals surface area (Å²) in [6.07, 6.45) is -0.552. The Kier molecular flexibility index (Phi) is 3.19. The van der Waals surface area contributed by atoms with Gasteiger partial charge in [-0.25, -0.2) is 0 Å². The van der Waals surface area contributed by atoms with Crippen LogP contribution in [0.2, 0.25) is 5.02 Å². The number of anilines is 1. The van der Waals surface area contributed by atoms with Crippen molar-refractivity contribution >= 4 is 23.0 Å². The molecule has 0 aromatic heterocycles. The molecule has 1 aromatic carbocycles. The molecular weight excluding hydrogens is 248 g/mol. The summed E-state index contributed by atoms with van der Waals surface area (Å²) in [5, 5.41) is 21.6. The summed E-state index contributed by atoms with van der Waals surface area (Å²) in [5.74, 6) is 0. The van der Waals surface area contributed by atoms with Crippen LogP contribution >= 0.6 is 11.6 Å². The van der Waals surface area contributed by atoms with Gasteiger partial charge in [-0.2, -0.15) is 0 Å². The maximum Gasteiger partial charge on any atom is 0.288 e. The van der Waals surface area contributed by atoms with Gasteiger partial charge in [0.05, 0.1) is 23.3 Å². The van der Waals surface area contributed by atoms with Crippen LogP contribution in [0, 0.1) is 17.0 Å². The number of aryl methyl sites for hydroxylation is 1. The van der Waals surface area contributed by atoms with Crippen molar-refractivity contribution < 1.29 is 14.9 Å². The predicted octanol–water partition coefficient (Wildman–Crippen LogP) is 1.67. The van der Waals surface area contributed by atoms with Crippen LogP contribution in [0.5, 0.6) is 0 Å². The number of aliphatic hydroxyl groups is 1. The Morgan fingerprint density at radius 1 is 1.65 bits per heavy atom. The lowest BCUT2D eigenvalue weighted by Gasteiger charge is -2.18. The van der Waals surface area contributed by atoms with Crippen molar-refractivity contribution in [3.8, 4) is 0 Å². The zero-order chi connectivity index (χ0) is 12.6. The molecule has 1 saturated heterocycles. The first-order valence-electron chi connectivity index (χ1n) is 5.02. The molecule has 1 fully saturated rings. The Labute approximate surface area is 102 Å². The predicted molar refractivity (Wildman–Crippen MR) is 62.1 cm³/mol. The second kappa shape index (κ2) is 4.48. The minimum Gasteiger partial charge on any atom is -0.389 e. The Morgan fingerprint density at radius 3 is 2.88 bits per heavy atom. The highest BCUT2D eigenvalue weighted by atomic mass is 35.5. The molecule has 0 amide bonds. The molecule has 1 unspecified atom stereocenters. The van der Waals surface area contributed by atoms with E-state index in [0.717, 1.165) is 0 Å². The number of hydrogen-bond donors (Lipinski definition) is 1. The summed E-state index contributed by atoms with van der Waals surface area (Å²) in [4.78, 5) is 15.4. The molecule has 1 N–H and O–H groups in total. The van der Waals surface area contributed by atoms with Crippen molar-refractivity contribution in [1.82, 2.24) is 0 Å². The topological polar surface area (TPSA) is 75.8 Å². The van der Waals surface area contributed by atoms with Crippen LogP contribution in [0.4, 0.5) is 11.4 Å². The monoisotopic (exact) mass is 258 g/mol. The number of nitro groups is 1. The van der Waals surface area contributed by atoms with E-state index in [1.165, 1.54) is 17.2 Å². The van der Waals surface area contributed by atoms with Crippen molar-refractivity contribution in [2.45, 2.75) is 13.0 Å². The number of benzene rings is 1. The van der Waals surface area contributed by atoms with Crippen LogP contribution in [0.1, 0.15) is 5.56 Å². The highest BCUT2D eigenvalue weighted by Gasteiger charge is 2.25. The van der Waals surface area contributed by atoms with E-state index in [1.54, 1.807) is 6.92 Å². The number of aliphatic hydroxyl groups excluding tert-OH is 1. The molecule has 17 heavy (non-hydrogen) atoms. The summed E-state index contributed by atoms with van der Waals surface area (Å²) >= 11 is 5.82. The van der Waals surface area contributed by atoms with E-state index in [9.17, 15) is 15.2 Å². The Hall–Kier alpha value is -1.37. The first-order valence-corrected chi connectivity index (χ1v) is 5.40. The average molecular weight is 259 g/mol. The van der Waals surface area contributed by atoms with Gasteiger partial charge in [-0.1, -0.05) is 11.6 Å². The molecule has 0 radical (unpaired) electrons. The number of rotatable bonds is 2. The SMILES string of the molecule is Cc1cc([N+](=O)[O-])c(Cl)cc1N1CC(O)CO1. The van der Waals surface area contributed by atoms with Crippen LogP contribution in [-0.4, -0.2) is 29.3 Å². The Balaban J connectivity index is 2.36. The number of nitro benzene ring substituents is 1. The van der Waals surface area contributed by atoms with Crippen molar-refractivity contribution in [2.75, 3.05) is 18.2 Å². The van der Waals surface area contributed by atoms with Crippen molar-refractivity contribution in [1.29, 1.82) is 0 Å². The zero-order valence-electron chi connectivity index (χ0n) is 9.09. The van der Waals surface area contributed by atoms with Gasteiger partial charge < -0.3 is 5.11 Å². The van der Waals surface area contributed by atoms with E-state index in [4.69, 9.17) is 16.4 Å². The maximum absolute atomic E-state index is 10.7. The molecule has 0 bridgehead atoms. The summed E-state index contributed by atoms with van der Waals surface area (Å²) in [6.45, 7) is 2.27. The lowest BCUT2D eigenvalue weighted by atomic mass is 10.1. The molecule has 0 aliphatic carbocycles. The van der Waals surface area contributed by atoms with Crippen molar-refractivity contribution in [2.24, 2.45) is 0 Å². The van der Waals surface area contributed by atoms with Gasteiger partial charge in [0.2, 0.25) is 0 Å². The molecule has 0 spiro atoms. The quantitative estimate of drug-likeness (QED) is 0.645. The minimum atomic E-state index is -0.552. The van der Waals surface area contributed by atoms with Crippen molar-refractivity contribution in [3.63, 3.8) is 0 Å². The molecule has 92 valence electrons. The molecule has 1 aliphatic rings. The first kappa shape index (κ1) is 12.1. The fourth-order valence-electron chi connectivity index (χ4n) is 1.71. The third-order valence-electron chi connectivity index (χ3n) is 2.53. The largest absolute Gasteiger partial charge is 0.389 e. The van der Waals surface area contributed by atoms with E-state index in [1.807, 2.05) is 0 Å². The van der Waals surface area contributed by atoms with Crippen LogP contribution in [-0.2, 0) is 4.84 Å². The fraction of sp³-hybridized carbons (Fsp3) is 0.400. The summed E-state index contributed by atoms with van der Waals surface area (Å²) < 4.78 is 0. The lowest BCUT2D eigenvalue weighted by molar-refractivity contribution is -0.384. The van der Waals surface area contributed by atoms with E-state index in [2.05, 4.69) is 0 Å². The maximum atomic E-state index is 10.7. The van der Waals surface area contributed by atoms with Crippen LogP contribution in [0.15, 0.2) is 12.1 Å². The molecule has 1 atom stereocenters. The van der Waals surface area contributed by atoms with Gasteiger partial charge >= 0.3 is 0 Å². The van der Waals surface area contributed by atoms with E-state index in [0.29, 0.717) is 17.8 Å². The smallest absolute Gasteiger partial charge is 0.288 e. The molecule has 1 aliphatic heterocycles. The molecule has 0 saturated carbocycles. The van der Waals surface area contributed by atoms with E-state index < -0.39 is 11.0 Å². The van der Waals surface area contributed by atoms with Crippen LogP contribution in [0.3, 0.4) is 0 Å². The molecular formula is C10H11ClN2O4. The number of hydroxylamine groups is 1. The van der Waals surface area contributed by atoms with E-state index in [-0.39, 0.29) is 17.3 Å². The van der Waals surface area contributed by atoms with Crippen molar-refractivity contribution in [3.05, 3.63) is 32.8 Å². The number of halogens is 1.